The number of aryl methyl sites for hydroxylation is 1. The van der Waals surface area contributed by atoms with Crippen molar-refractivity contribution in [3.8, 4) is 5.69 Å². The van der Waals surface area contributed by atoms with E-state index < -0.39 is 9.84 Å². The first-order valence-electron chi connectivity index (χ1n) is 9.78. The van der Waals surface area contributed by atoms with Crippen LogP contribution >= 0.6 is 0 Å². The molecule has 2 N–H and O–H groups in total. The van der Waals surface area contributed by atoms with E-state index in [1.54, 1.807) is 19.1 Å². The van der Waals surface area contributed by atoms with Gasteiger partial charge >= 0.3 is 0 Å². The summed E-state index contributed by atoms with van der Waals surface area (Å²) in [5, 5.41) is 11.1. The minimum Gasteiger partial charge on any atom is -0.357 e. The summed E-state index contributed by atoms with van der Waals surface area (Å²) < 4.78 is 25.4. The van der Waals surface area contributed by atoms with Crippen LogP contribution < -0.4 is 10.6 Å². The number of sulfone groups is 1. The molecule has 0 bridgehead atoms. The molecule has 0 amide bonds. The van der Waals surface area contributed by atoms with Crippen molar-refractivity contribution in [3.05, 3.63) is 77.6 Å². The molecule has 8 heteroatoms. The molecule has 0 spiro atoms. The third kappa shape index (κ3) is 5.70. The van der Waals surface area contributed by atoms with Crippen molar-refractivity contribution < 1.29 is 8.42 Å². The van der Waals surface area contributed by atoms with Crippen molar-refractivity contribution in [2.75, 3.05) is 12.8 Å². The Hall–Kier alpha value is -3.13. The Morgan fingerprint density at radius 1 is 1.10 bits per heavy atom. The van der Waals surface area contributed by atoms with Crippen molar-refractivity contribution in [3.63, 3.8) is 0 Å². The first kappa shape index (κ1) is 21.6. The number of hydrogen-bond donors (Lipinski definition) is 2. The lowest BCUT2D eigenvalue weighted by molar-refractivity contribution is 0.601. The Morgan fingerprint density at radius 2 is 1.87 bits per heavy atom. The SMILES string of the molecule is CCNC(=NCc1ccc(S(C)(=O)=O)c(C)c1)NCc1ccn(-c2ccccc2)n1. The molecule has 0 aliphatic rings. The number of nitrogens with zero attached hydrogens (tertiary/aromatic N) is 3. The van der Waals surface area contributed by atoms with Crippen LogP contribution in [0.5, 0.6) is 0 Å². The molecule has 1 aromatic heterocycles. The van der Waals surface area contributed by atoms with Crippen molar-refractivity contribution >= 4 is 15.8 Å². The maximum absolute atomic E-state index is 11.8. The summed E-state index contributed by atoms with van der Waals surface area (Å²) in [5.74, 6) is 0.677. The molecule has 1 heterocycles. The molecule has 0 unspecified atom stereocenters. The second kappa shape index (κ2) is 9.58. The molecule has 0 saturated heterocycles. The second-order valence-electron chi connectivity index (χ2n) is 7.01. The zero-order valence-electron chi connectivity index (χ0n) is 17.5. The third-order valence-corrected chi connectivity index (χ3v) is 5.76. The molecular formula is C22H27N5O2S. The number of nitrogens with one attached hydrogen (secondary N) is 2. The van der Waals surface area contributed by atoms with Crippen molar-refractivity contribution in [1.82, 2.24) is 20.4 Å². The largest absolute Gasteiger partial charge is 0.357 e. The summed E-state index contributed by atoms with van der Waals surface area (Å²) in [5.41, 5.74) is 3.59. The van der Waals surface area contributed by atoms with Crippen LogP contribution in [0, 0.1) is 6.92 Å². The normalized spacial score (nSPS) is 12.0. The van der Waals surface area contributed by atoms with Gasteiger partial charge in [-0.25, -0.2) is 18.1 Å². The van der Waals surface area contributed by atoms with E-state index in [0.717, 1.165) is 29.1 Å². The van der Waals surface area contributed by atoms with Gasteiger partial charge in [0.2, 0.25) is 0 Å². The number of aliphatic imine (C=N–C) groups is 1. The standard InChI is InChI=1S/C22H27N5O2S/c1-4-23-22(24-15-18-10-11-21(17(2)14-18)30(3,28)29)25-16-19-12-13-27(26-19)20-8-6-5-7-9-20/h5-14H,4,15-16H2,1-3H3,(H2,23,24,25). The molecule has 0 atom stereocenters. The molecule has 7 nitrogen and oxygen atoms in total. The van der Waals surface area contributed by atoms with Crippen LogP contribution in [-0.2, 0) is 22.9 Å². The summed E-state index contributed by atoms with van der Waals surface area (Å²) in [7, 11) is -3.22. The van der Waals surface area contributed by atoms with E-state index in [2.05, 4.69) is 20.7 Å². The van der Waals surface area contributed by atoms with E-state index >= 15 is 0 Å². The fraction of sp³-hybridized carbons (Fsp3) is 0.273. The summed E-state index contributed by atoms with van der Waals surface area (Å²) in [6.45, 7) is 5.52. The lowest BCUT2D eigenvalue weighted by Gasteiger charge is -2.11. The maximum atomic E-state index is 11.8. The third-order valence-electron chi connectivity index (χ3n) is 4.50. The van der Waals surface area contributed by atoms with Crippen molar-refractivity contribution in [2.45, 2.75) is 31.8 Å². The van der Waals surface area contributed by atoms with E-state index in [-0.39, 0.29) is 0 Å². The van der Waals surface area contributed by atoms with Gasteiger partial charge in [0.05, 0.1) is 29.4 Å². The van der Waals surface area contributed by atoms with Crippen LogP contribution in [0.3, 0.4) is 0 Å². The average molecular weight is 426 g/mol. The Labute approximate surface area is 177 Å². The molecule has 0 fully saturated rings. The number of benzene rings is 2. The molecule has 0 radical (unpaired) electrons. The van der Waals surface area contributed by atoms with Gasteiger partial charge in [-0.3, -0.25) is 0 Å². The number of para-hydroxylation sites is 1. The summed E-state index contributed by atoms with van der Waals surface area (Å²) in [6.07, 6.45) is 3.15. The predicted molar refractivity (Wildman–Crippen MR) is 120 cm³/mol. The monoisotopic (exact) mass is 425 g/mol. The topological polar surface area (TPSA) is 88.4 Å². The number of aromatic nitrogens is 2. The average Bonchev–Trinajstić information content (AvgIpc) is 3.19. The zero-order chi connectivity index (χ0) is 21.6. The highest BCUT2D eigenvalue weighted by molar-refractivity contribution is 7.90. The van der Waals surface area contributed by atoms with Gasteiger partial charge in [0.15, 0.2) is 15.8 Å². The molecule has 3 aromatic rings. The second-order valence-corrected chi connectivity index (χ2v) is 8.99. The van der Waals surface area contributed by atoms with Crippen LogP contribution in [-0.4, -0.2) is 37.0 Å². The van der Waals surface area contributed by atoms with Crippen LogP contribution in [0.25, 0.3) is 5.69 Å². The van der Waals surface area contributed by atoms with Gasteiger partial charge in [0.1, 0.15) is 0 Å². The summed E-state index contributed by atoms with van der Waals surface area (Å²) in [4.78, 5) is 4.96. The van der Waals surface area contributed by atoms with E-state index in [0.29, 0.717) is 23.9 Å². The van der Waals surface area contributed by atoms with E-state index in [1.165, 1.54) is 6.26 Å². The first-order valence-corrected chi connectivity index (χ1v) is 11.7. The molecule has 0 saturated carbocycles. The lowest BCUT2D eigenvalue weighted by Crippen LogP contribution is -2.36. The molecule has 0 aliphatic carbocycles. The Kier molecular flexibility index (Phi) is 6.89. The molecule has 3 rings (SSSR count). The Balaban J connectivity index is 1.65. The number of rotatable bonds is 7. The van der Waals surface area contributed by atoms with Crippen molar-refractivity contribution in [2.24, 2.45) is 4.99 Å². The van der Waals surface area contributed by atoms with Crippen LogP contribution in [0.2, 0.25) is 0 Å². The highest BCUT2D eigenvalue weighted by Crippen LogP contribution is 2.17. The molecular weight excluding hydrogens is 398 g/mol. The van der Waals surface area contributed by atoms with Gasteiger partial charge in [-0.15, -0.1) is 0 Å². The van der Waals surface area contributed by atoms with E-state index in [1.807, 2.05) is 60.3 Å². The minimum atomic E-state index is -3.22. The lowest BCUT2D eigenvalue weighted by atomic mass is 10.1. The van der Waals surface area contributed by atoms with Crippen molar-refractivity contribution in [1.29, 1.82) is 0 Å². The minimum absolute atomic E-state index is 0.356. The smallest absolute Gasteiger partial charge is 0.191 e. The van der Waals surface area contributed by atoms with Crippen LogP contribution in [0.15, 0.2) is 70.7 Å². The fourth-order valence-corrected chi connectivity index (χ4v) is 4.05. The maximum Gasteiger partial charge on any atom is 0.191 e. The van der Waals surface area contributed by atoms with Gasteiger partial charge < -0.3 is 10.6 Å². The van der Waals surface area contributed by atoms with E-state index in [9.17, 15) is 8.42 Å². The molecule has 0 aliphatic heterocycles. The van der Waals surface area contributed by atoms with Gasteiger partial charge in [0, 0.05) is 19.0 Å². The van der Waals surface area contributed by atoms with Crippen LogP contribution in [0.1, 0.15) is 23.7 Å². The molecule has 2 aromatic carbocycles. The highest BCUT2D eigenvalue weighted by atomic mass is 32.2. The van der Waals surface area contributed by atoms with Gasteiger partial charge in [-0.2, -0.15) is 5.10 Å². The number of guanidine groups is 1. The molecule has 30 heavy (non-hydrogen) atoms. The highest BCUT2D eigenvalue weighted by Gasteiger charge is 2.11. The number of hydrogen-bond acceptors (Lipinski definition) is 4. The zero-order valence-corrected chi connectivity index (χ0v) is 18.3. The van der Waals surface area contributed by atoms with Gasteiger partial charge in [-0.1, -0.05) is 30.3 Å². The Bertz CT molecular complexity index is 1120. The summed E-state index contributed by atoms with van der Waals surface area (Å²) in [6, 6.07) is 17.2. The Morgan fingerprint density at radius 3 is 2.53 bits per heavy atom. The molecule has 158 valence electrons. The summed E-state index contributed by atoms with van der Waals surface area (Å²) >= 11 is 0. The fourth-order valence-electron chi connectivity index (χ4n) is 3.09. The van der Waals surface area contributed by atoms with E-state index in [4.69, 9.17) is 0 Å². The van der Waals surface area contributed by atoms with Gasteiger partial charge in [0.25, 0.3) is 0 Å². The predicted octanol–water partition coefficient (Wildman–Crippen LogP) is 2.84. The van der Waals surface area contributed by atoms with Gasteiger partial charge in [-0.05, 0) is 49.2 Å². The van der Waals surface area contributed by atoms with Crippen LogP contribution in [0.4, 0.5) is 0 Å². The first-order chi connectivity index (χ1) is 14.4. The quantitative estimate of drug-likeness (QED) is 0.449.